The van der Waals surface area contributed by atoms with Gasteiger partial charge in [0.1, 0.15) is 11.8 Å². The van der Waals surface area contributed by atoms with Gasteiger partial charge in [-0.3, -0.25) is 9.69 Å². The second kappa shape index (κ2) is 4.30. The second-order valence-electron chi connectivity index (χ2n) is 3.91. The zero-order valence-corrected chi connectivity index (χ0v) is 11.7. The lowest BCUT2D eigenvalue weighted by atomic mass is 9.97. The number of hydrogen-bond donors (Lipinski definition) is 2. The van der Waals surface area contributed by atoms with Crippen molar-refractivity contribution in [2.45, 2.75) is 13.0 Å². The van der Waals surface area contributed by atoms with E-state index in [-0.39, 0.29) is 23.5 Å². The molecule has 0 radical (unpaired) electrons. The van der Waals surface area contributed by atoms with Crippen LogP contribution in [0.4, 0.5) is 0 Å². The number of rotatable bonds is 1. The first-order valence-corrected chi connectivity index (χ1v) is 6.67. The molecular weight excluding hydrogens is 306 g/mol. The Bertz CT molecular complexity index is 500. The average molecular weight is 318 g/mol. The van der Waals surface area contributed by atoms with E-state index in [9.17, 15) is 9.90 Å². The molecule has 1 aliphatic rings. The number of hydrogen-bond acceptors (Lipinski definition) is 5. The predicted octanol–water partition coefficient (Wildman–Crippen LogP) is 1.68. The first kappa shape index (κ1) is 12.4. The molecule has 0 aromatic carbocycles. The number of aromatic hydroxyl groups is 1. The standard InChI is InChI=1S/C10H12BrN3O2S/c1-4-6(8-7(15)5(11)3-17-8)13-10(12)14(2)9(4)16/h3-4,6,15H,1-2H3,(H2,12,13). The molecule has 2 unspecified atom stereocenters. The second-order valence-corrected chi connectivity index (χ2v) is 5.68. The minimum Gasteiger partial charge on any atom is -0.506 e. The van der Waals surface area contributed by atoms with Crippen LogP contribution in [0.25, 0.3) is 0 Å². The third-order valence-corrected chi connectivity index (χ3v) is 4.78. The van der Waals surface area contributed by atoms with Crippen LogP contribution in [-0.4, -0.2) is 28.9 Å². The molecule has 3 N–H and O–H groups in total. The Morgan fingerprint density at radius 1 is 1.65 bits per heavy atom. The maximum atomic E-state index is 11.9. The molecule has 1 aromatic heterocycles. The van der Waals surface area contributed by atoms with E-state index in [4.69, 9.17) is 5.73 Å². The third-order valence-electron chi connectivity index (χ3n) is 2.83. The number of aliphatic imine (C=N–C) groups is 1. The third kappa shape index (κ3) is 1.93. The van der Waals surface area contributed by atoms with Gasteiger partial charge in [0, 0.05) is 12.4 Å². The molecular formula is C10H12BrN3O2S. The lowest BCUT2D eigenvalue weighted by molar-refractivity contribution is -0.131. The van der Waals surface area contributed by atoms with Gasteiger partial charge in [-0.25, -0.2) is 4.99 Å². The first-order valence-electron chi connectivity index (χ1n) is 5.00. The van der Waals surface area contributed by atoms with E-state index in [0.29, 0.717) is 9.35 Å². The summed E-state index contributed by atoms with van der Waals surface area (Å²) >= 11 is 4.59. The van der Waals surface area contributed by atoms with E-state index < -0.39 is 6.04 Å². The van der Waals surface area contributed by atoms with Crippen LogP contribution in [0.5, 0.6) is 5.75 Å². The average Bonchev–Trinajstić information content (AvgIpc) is 2.62. The number of amides is 1. The monoisotopic (exact) mass is 317 g/mol. The molecule has 5 nitrogen and oxygen atoms in total. The Balaban J connectivity index is 2.46. The van der Waals surface area contributed by atoms with Crippen molar-refractivity contribution in [3.8, 4) is 5.75 Å². The topological polar surface area (TPSA) is 78.9 Å². The van der Waals surface area contributed by atoms with Crippen molar-refractivity contribution in [3.63, 3.8) is 0 Å². The van der Waals surface area contributed by atoms with Gasteiger partial charge in [-0.15, -0.1) is 11.3 Å². The normalized spacial score (nSPS) is 25.0. The van der Waals surface area contributed by atoms with E-state index in [1.807, 2.05) is 0 Å². The number of halogens is 1. The minimum absolute atomic E-state index is 0.0913. The Labute approximate surface area is 111 Å². The fourth-order valence-electron chi connectivity index (χ4n) is 1.73. The number of nitrogens with zero attached hydrogens (tertiary/aromatic N) is 2. The number of thiophene rings is 1. The molecule has 2 heterocycles. The summed E-state index contributed by atoms with van der Waals surface area (Å²) in [6.45, 7) is 1.78. The summed E-state index contributed by atoms with van der Waals surface area (Å²) < 4.78 is 0.616. The SMILES string of the molecule is CC1C(=O)N(C)C(N)=NC1c1scc(Br)c1O. The molecule has 2 rings (SSSR count). The van der Waals surface area contributed by atoms with Gasteiger partial charge in [0.25, 0.3) is 0 Å². The van der Waals surface area contributed by atoms with Crippen molar-refractivity contribution in [3.05, 3.63) is 14.7 Å². The summed E-state index contributed by atoms with van der Waals surface area (Å²) in [6, 6.07) is -0.407. The van der Waals surface area contributed by atoms with Gasteiger partial charge >= 0.3 is 0 Å². The highest BCUT2D eigenvalue weighted by molar-refractivity contribution is 9.10. The summed E-state index contributed by atoms with van der Waals surface area (Å²) in [4.78, 5) is 18.2. The van der Waals surface area contributed by atoms with Gasteiger partial charge in [-0.05, 0) is 15.9 Å². The quantitative estimate of drug-likeness (QED) is 0.827. The molecule has 0 saturated heterocycles. The van der Waals surface area contributed by atoms with Crippen molar-refractivity contribution in [2.24, 2.45) is 16.6 Å². The Kier molecular flexibility index (Phi) is 3.13. The Morgan fingerprint density at radius 3 is 2.82 bits per heavy atom. The zero-order valence-electron chi connectivity index (χ0n) is 9.35. The van der Waals surface area contributed by atoms with E-state index >= 15 is 0 Å². The van der Waals surface area contributed by atoms with Gasteiger partial charge < -0.3 is 10.8 Å². The van der Waals surface area contributed by atoms with Crippen molar-refractivity contribution in [1.29, 1.82) is 0 Å². The Hall–Kier alpha value is -1.08. The molecule has 2 atom stereocenters. The molecule has 0 spiro atoms. The number of nitrogens with two attached hydrogens (primary N) is 1. The Morgan fingerprint density at radius 2 is 2.29 bits per heavy atom. The van der Waals surface area contributed by atoms with Crippen LogP contribution in [0.2, 0.25) is 0 Å². The smallest absolute Gasteiger partial charge is 0.234 e. The van der Waals surface area contributed by atoms with Gasteiger partial charge in [0.15, 0.2) is 5.96 Å². The van der Waals surface area contributed by atoms with Crippen molar-refractivity contribution < 1.29 is 9.90 Å². The van der Waals surface area contributed by atoms with Crippen LogP contribution in [0, 0.1) is 5.92 Å². The fourth-order valence-corrected chi connectivity index (χ4v) is 3.32. The molecule has 7 heteroatoms. The van der Waals surface area contributed by atoms with Gasteiger partial charge in [-0.1, -0.05) is 6.92 Å². The molecule has 1 aromatic rings. The zero-order chi connectivity index (χ0) is 12.7. The van der Waals surface area contributed by atoms with Crippen LogP contribution in [-0.2, 0) is 4.79 Å². The number of guanidine groups is 1. The highest BCUT2D eigenvalue weighted by Gasteiger charge is 2.36. The van der Waals surface area contributed by atoms with E-state index in [1.165, 1.54) is 16.2 Å². The van der Waals surface area contributed by atoms with Crippen molar-refractivity contribution >= 4 is 39.1 Å². The molecule has 1 amide bonds. The van der Waals surface area contributed by atoms with E-state index in [0.717, 1.165) is 0 Å². The van der Waals surface area contributed by atoms with Crippen LogP contribution in [0.15, 0.2) is 14.8 Å². The van der Waals surface area contributed by atoms with E-state index in [1.54, 1.807) is 19.4 Å². The highest BCUT2D eigenvalue weighted by Crippen LogP contribution is 2.43. The van der Waals surface area contributed by atoms with E-state index in [2.05, 4.69) is 20.9 Å². The lowest BCUT2D eigenvalue weighted by Gasteiger charge is -2.30. The largest absolute Gasteiger partial charge is 0.506 e. The minimum atomic E-state index is -0.407. The summed E-state index contributed by atoms with van der Waals surface area (Å²) in [7, 11) is 1.60. The maximum absolute atomic E-state index is 11.9. The van der Waals surface area contributed by atoms with Crippen LogP contribution in [0.3, 0.4) is 0 Å². The molecule has 0 bridgehead atoms. The molecule has 0 fully saturated rings. The van der Waals surface area contributed by atoms with Crippen LogP contribution in [0.1, 0.15) is 17.8 Å². The van der Waals surface area contributed by atoms with Crippen molar-refractivity contribution in [2.75, 3.05) is 7.05 Å². The fraction of sp³-hybridized carbons (Fsp3) is 0.400. The predicted molar refractivity (Wildman–Crippen MR) is 70.0 cm³/mol. The number of carbonyl (C=O) groups is 1. The summed E-state index contributed by atoms with van der Waals surface area (Å²) in [6.07, 6.45) is 0. The molecule has 0 saturated carbocycles. The molecule has 0 aliphatic carbocycles. The van der Waals surface area contributed by atoms with Crippen molar-refractivity contribution in [1.82, 2.24) is 4.90 Å². The number of carbonyl (C=O) groups excluding carboxylic acids is 1. The molecule has 1 aliphatic heterocycles. The molecule has 17 heavy (non-hydrogen) atoms. The van der Waals surface area contributed by atoms with Crippen LogP contribution < -0.4 is 5.73 Å². The lowest BCUT2D eigenvalue weighted by Crippen LogP contribution is -2.46. The summed E-state index contributed by atoms with van der Waals surface area (Å²) in [5, 5.41) is 11.6. The first-order chi connectivity index (χ1) is 7.93. The van der Waals surface area contributed by atoms with Gasteiger partial charge in [-0.2, -0.15) is 0 Å². The van der Waals surface area contributed by atoms with Gasteiger partial charge in [0.05, 0.1) is 15.3 Å². The summed E-state index contributed by atoms with van der Waals surface area (Å²) in [5.74, 6) is -0.0991. The summed E-state index contributed by atoms with van der Waals surface area (Å²) in [5.41, 5.74) is 5.68. The maximum Gasteiger partial charge on any atom is 0.234 e. The molecule has 92 valence electrons. The van der Waals surface area contributed by atoms with Crippen LogP contribution >= 0.6 is 27.3 Å². The van der Waals surface area contributed by atoms with Gasteiger partial charge in [0.2, 0.25) is 5.91 Å². The highest BCUT2D eigenvalue weighted by atomic mass is 79.9.